The molecule has 0 aliphatic rings. The van der Waals surface area contributed by atoms with E-state index in [0.29, 0.717) is 0 Å². The van der Waals surface area contributed by atoms with Crippen molar-refractivity contribution in [3.63, 3.8) is 0 Å². The molecule has 0 bridgehead atoms. The van der Waals surface area contributed by atoms with Crippen LogP contribution in [0.15, 0.2) is 23.1 Å². The van der Waals surface area contributed by atoms with Crippen molar-refractivity contribution >= 4 is 51.1 Å². The molecule has 0 amide bonds. The number of anilines is 2. The van der Waals surface area contributed by atoms with Gasteiger partial charge in [-0.25, -0.2) is 0 Å². The summed E-state index contributed by atoms with van der Waals surface area (Å²) in [5, 5.41) is 0. The maximum absolute atomic E-state index is 10.6. The van der Waals surface area contributed by atoms with Gasteiger partial charge in [-0.2, -0.15) is 8.42 Å². The fraction of sp³-hybridized carbons (Fsp3) is 0. The Labute approximate surface area is 98.2 Å². The van der Waals surface area contributed by atoms with Crippen molar-refractivity contribution in [2.45, 2.75) is 4.90 Å². The molecule has 0 aliphatic carbocycles. The molecule has 5 N–H and O–H groups in total. The molecule has 7 heteroatoms. The average molecular weight is 212 g/mol. The molecule has 1 aromatic carbocycles. The first-order valence-corrected chi connectivity index (χ1v) is 4.48. The molecule has 0 fully saturated rings. The Morgan fingerprint density at radius 3 is 2.15 bits per heavy atom. The second-order valence-electron chi connectivity index (χ2n) is 2.27. The van der Waals surface area contributed by atoms with Gasteiger partial charge in [-0.3, -0.25) is 4.55 Å². The molecule has 0 aromatic heterocycles. The van der Waals surface area contributed by atoms with E-state index < -0.39 is 10.1 Å². The van der Waals surface area contributed by atoms with Crippen molar-refractivity contribution in [2.75, 3.05) is 11.5 Å². The molecule has 0 unspecified atom stereocenters. The summed E-state index contributed by atoms with van der Waals surface area (Å²) in [7, 11) is -4.26. The molecule has 0 saturated carbocycles. The summed E-state index contributed by atoms with van der Waals surface area (Å²) >= 11 is 0. The van der Waals surface area contributed by atoms with Crippen LogP contribution in [0.1, 0.15) is 0 Å². The van der Waals surface area contributed by atoms with Crippen LogP contribution in [-0.2, 0) is 10.1 Å². The second kappa shape index (κ2) is 4.30. The van der Waals surface area contributed by atoms with E-state index in [-0.39, 0.29) is 45.8 Å². The van der Waals surface area contributed by atoms with Crippen molar-refractivity contribution in [2.24, 2.45) is 0 Å². The van der Waals surface area contributed by atoms with Gasteiger partial charge in [0.2, 0.25) is 0 Å². The topological polar surface area (TPSA) is 106 Å². The van der Waals surface area contributed by atoms with Gasteiger partial charge >= 0.3 is 29.6 Å². The van der Waals surface area contributed by atoms with E-state index in [0.717, 1.165) is 6.07 Å². The maximum atomic E-state index is 10.6. The third kappa shape index (κ3) is 3.17. The van der Waals surface area contributed by atoms with E-state index in [9.17, 15) is 8.42 Å². The summed E-state index contributed by atoms with van der Waals surface area (Å²) in [5.74, 6) is 0. The van der Waals surface area contributed by atoms with Crippen molar-refractivity contribution in [1.82, 2.24) is 0 Å². The zero-order valence-electron chi connectivity index (χ0n) is 6.06. The van der Waals surface area contributed by atoms with Gasteiger partial charge in [0.05, 0.1) is 5.69 Å². The van der Waals surface area contributed by atoms with E-state index in [1.165, 1.54) is 12.1 Å². The molecular weight excluding hydrogens is 203 g/mol. The molecule has 0 aliphatic heterocycles. The second-order valence-corrected chi connectivity index (χ2v) is 3.66. The fourth-order valence-electron chi connectivity index (χ4n) is 0.774. The van der Waals surface area contributed by atoms with Gasteiger partial charge in [0.1, 0.15) is 4.90 Å². The standard InChI is InChI=1S/C6H8N2O3S.Na.H/c7-4-1-2-5(8)6(3-4)12(9,10)11;;/h1-3H,7-8H2,(H,9,10,11);;. The van der Waals surface area contributed by atoms with Crippen LogP contribution in [0.5, 0.6) is 0 Å². The molecular formula is C6H9N2NaO3S. The van der Waals surface area contributed by atoms with E-state index in [1.54, 1.807) is 0 Å². The van der Waals surface area contributed by atoms with Gasteiger partial charge in [-0.1, -0.05) is 0 Å². The summed E-state index contributed by atoms with van der Waals surface area (Å²) in [6.45, 7) is 0. The zero-order valence-corrected chi connectivity index (χ0v) is 6.88. The number of rotatable bonds is 1. The molecule has 0 heterocycles. The number of benzene rings is 1. The molecule has 1 aromatic rings. The van der Waals surface area contributed by atoms with E-state index in [2.05, 4.69) is 0 Å². The van der Waals surface area contributed by atoms with Crippen LogP contribution in [0, 0.1) is 0 Å². The first-order chi connectivity index (χ1) is 5.41. The van der Waals surface area contributed by atoms with Gasteiger partial charge in [0.15, 0.2) is 0 Å². The normalized spacial score (nSPS) is 10.5. The number of nitrogens with two attached hydrogens (primary N) is 2. The molecule has 0 radical (unpaired) electrons. The quantitative estimate of drug-likeness (QED) is 0.329. The van der Waals surface area contributed by atoms with Crippen molar-refractivity contribution in [3.8, 4) is 0 Å². The number of hydrogen-bond donors (Lipinski definition) is 3. The molecule has 1 rings (SSSR count). The summed E-state index contributed by atoms with van der Waals surface area (Å²) < 4.78 is 29.9. The molecule has 68 valence electrons. The van der Waals surface area contributed by atoms with Crippen LogP contribution in [0.3, 0.4) is 0 Å². The van der Waals surface area contributed by atoms with Crippen molar-refractivity contribution in [3.05, 3.63) is 18.2 Å². The van der Waals surface area contributed by atoms with Crippen LogP contribution in [0.25, 0.3) is 0 Å². The Balaban J connectivity index is 0.00000144. The van der Waals surface area contributed by atoms with Crippen LogP contribution in [0.4, 0.5) is 11.4 Å². The van der Waals surface area contributed by atoms with Gasteiger partial charge in [0, 0.05) is 5.69 Å². The minimum absolute atomic E-state index is 0. The van der Waals surface area contributed by atoms with Crippen LogP contribution in [0.2, 0.25) is 0 Å². The molecule has 0 spiro atoms. The fourth-order valence-corrected chi connectivity index (χ4v) is 1.43. The first-order valence-electron chi connectivity index (χ1n) is 3.04. The third-order valence-electron chi connectivity index (χ3n) is 1.32. The molecule has 0 saturated heterocycles. The monoisotopic (exact) mass is 212 g/mol. The van der Waals surface area contributed by atoms with Crippen molar-refractivity contribution < 1.29 is 13.0 Å². The summed E-state index contributed by atoms with van der Waals surface area (Å²) in [5.41, 5.74) is 10.8. The van der Waals surface area contributed by atoms with Crippen molar-refractivity contribution in [1.29, 1.82) is 0 Å². The SMILES string of the molecule is Nc1ccc(N)c(S(=O)(=O)O)c1.[NaH]. The van der Waals surface area contributed by atoms with Crippen LogP contribution < -0.4 is 11.5 Å². The van der Waals surface area contributed by atoms with E-state index in [4.69, 9.17) is 16.0 Å². The minimum atomic E-state index is -4.26. The first kappa shape index (κ1) is 12.7. The van der Waals surface area contributed by atoms with Gasteiger partial charge < -0.3 is 11.5 Å². The summed E-state index contributed by atoms with van der Waals surface area (Å²) in [6.07, 6.45) is 0. The Bertz CT molecular complexity index is 404. The third-order valence-corrected chi connectivity index (χ3v) is 2.22. The van der Waals surface area contributed by atoms with E-state index >= 15 is 0 Å². The Kier molecular flexibility index (Phi) is 4.21. The van der Waals surface area contributed by atoms with Crippen LogP contribution in [-0.4, -0.2) is 42.5 Å². The van der Waals surface area contributed by atoms with Gasteiger partial charge in [-0.05, 0) is 18.2 Å². The molecule has 5 nitrogen and oxygen atoms in total. The number of hydrogen-bond acceptors (Lipinski definition) is 4. The predicted molar refractivity (Wildman–Crippen MR) is 52.2 cm³/mol. The predicted octanol–water partition coefficient (Wildman–Crippen LogP) is -0.551. The average Bonchev–Trinajstić information content (AvgIpc) is 1.92. The molecule has 0 atom stereocenters. The van der Waals surface area contributed by atoms with Crippen LogP contribution >= 0.6 is 0 Å². The number of nitrogen functional groups attached to an aromatic ring is 2. The summed E-state index contributed by atoms with van der Waals surface area (Å²) in [4.78, 5) is -0.359. The summed E-state index contributed by atoms with van der Waals surface area (Å²) in [6, 6.07) is 3.87. The van der Waals surface area contributed by atoms with Gasteiger partial charge in [-0.15, -0.1) is 0 Å². The van der Waals surface area contributed by atoms with E-state index in [1.807, 2.05) is 0 Å². The zero-order chi connectivity index (χ0) is 9.35. The Morgan fingerprint density at radius 2 is 1.77 bits per heavy atom. The van der Waals surface area contributed by atoms with Gasteiger partial charge in [0.25, 0.3) is 10.1 Å². The Hall–Kier alpha value is -0.270. The Morgan fingerprint density at radius 1 is 1.23 bits per heavy atom. The molecule has 13 heavy (non-hydrogen) atoms.